The Labute approximate surface area is 449 Å². The van der Waals surface area contributed by atoms with E-state index in [4.69, 9.17) is 4.98 Å². The van der Waals surface area contributed by atoms with Crippen molar-refractivity contribution in [3.63, 3.8) is 0 Å². The second-order valence-electron chi connectivity index (χ2n) is 21.7. The van der Waals surface area contributed by atoms with Crippen molar-refractivity contribution >= 4 is 109 Å². The van der Waals surface area contributed by atoms with E-state index < -0.39 is 0 Å². The minimum atomic E-state index is 0.536. The molecular formula is C70H52N6S. The smallest absolute Gasteiger partial charge is 0.128 e. The largest absolute Gasteiger partial charge is 0.306 e. The first-order valence-corrected chi connectivity index (χ1v) is 27.3. The maximum Gasteiger partial charge on any atom is 0.128 e. The lowest BCUT2D eigenvalue weighted by molar-refractivity contribution is 1.02. The third-order valence-corrected chi connectivity index (χ3v) is 17.3. The molecule has 0 fully saturated rings. The summed E-state index contributed by atoms with van der Waals surface area (Å²) in [5, 5.41) is 22.8. The van der Waals surface area contributed by atoms with E-state index in [0.29, 0.717) is 5.56 Å². The van der Waals surface area contributed by atoms with E-state index in [1.807, 2.05) is 0 Å². The van der Waals surface area contributed by atoms with Gasteiger partial charge < -0.3 is 18.3 Å². The normalized spacial score (nSPS) is 12.1. The predicted octanol–water partition coefficient (Wildman–Crippen LogP) is 18.7. The maximum absolute atomic E-state index is 12.8. The average molecular weight is 1010 g/mol. The van der Waals surface area contributed by atoms with Crippen LogP contribution in [0.4, 0.5) is 0 Å². The number of fused-ring (bicyclic) bond motifs is 13. The van der Waals surface area contributed by atoms with Crippen molar-refractivity contribution in [3.05, 3.63) is 220 Å². The molecule has 0 aliphatic rings. The lowest BCUT2D eigenvalue weighted by Crippen LogP contribution is -2.16. The summed E-state index contributed by atoms with van der Waals surface area (Å²) < 4.78 is 11.0. The molecule has 15 rings (SSSR count). The Balaban J connectivity index is 1.33. The fourth-order valence-corrected chi connectivity index (χ4v) is 13.8. The summed E-state index contributed by atoms with van der Waals surface area (Å²) in [6.45, 7) is 17.5. The van der Waals surface area contributed by atoms with E-state index in [9.17, 15) is 5.26 Å². The molecule has 5 heterocycles. The van der Waals surface area contributed by atoms with Crippen LogP contribution in [0.15, 0.2) is 170 Å². The molecule has 77 heavy (non-hydrogen) atoms. The van der Waals surface area contributed by atoms with Crippen LogP contribution in [0.3, 0.4) is 0 Å². The molecule has 0 atom stereocenters. The summed E-state index contributed by atoms with van der Waals surface area (Å²) in [4.78, 5) is 5.63. The van der Waals surface area contributed by atoms with E-state index in [0.717, 1.165) is 131 Å². The fourth-order valence-electron chi connectivity index (χ4n) is 12.8. The zero-order chi connectivity index (χ0) is 52.3. The van der Waals surface area contributed by atoms with Gasteiger partial charge in [-0.3, -0.25) is 0 Å². The van der Waals surface area contributed by atoms with E-state index in [1.165, 1.54) is 44.5 Å². The van der Waals surface area contributed by atoms with Gasteiger partial charge in [0.1, 0.15) is 11.1 Å². The summed E-state index contributed by atoms with van der Waals surface area (Å²) in [5.74, 6) is 0. The van der Waals surface area contributed by atoms with Crippen LogP contribution in [0.1, 0.15) is 50.1 Å². The number of hydrogen-bond acceptors (Lipinski definition) is 3. The van der Waals surface area contributed by atoms with Crippen molar-refractivity contribution in [1.29, 1.82) is 5.26 Å². The third-order valence-electron chi connectivity index (χ3n) is 16.2. The second-order valence-corrected chi connectivity index (χ2v) is 22.8. The summed E-state index contributed by atoms with van der Waals surface area (Å²) in [6, 6.07) is 66.3. The van der Waals surface area contributed by atoms with E-state index >= 15 is 0 Å². The molecule has 15 aromatic rings. The highest BCUT2D eigenvalue weighted by molar-refractivity contribution is 7.21. The van der Waals surface area contributed by atoms with Gasteiger partial charge in [0, 0.05) is 43.1 Å². The Hall–Kier alpha value is -9.22. The summed E-state index contributed by atoms with van der Waals surface area (Å²) in [6.07, 6.45) is 0. The number of rotatable bonds is 5. The fraction of sp³-hybridized carbons (Fsp3) is 0.114. The summed E-state index contributed by atoms with van der Waals surface area (Å²) in [7, 11) is 0. The van der Waals surface area contributed by atoms with Gasteiger partial charge in [0.25, 0.3) is 0 Å². The molecular weight excluding hydrogens is 957 g/mol. The number of nitrogens with zero attached hydrogens (tertiary/aromatic N) is 6. The first-order chi connectivity index (χ1) is 37.4. The molecule has 10 aromatic carbocycles. The number of nitriles is 1. The minimum absolute atomic E-state index is 0.536. The highest BCUT2D eigenvalue weighted by Gasteiger charge is 2.36. The molecule has 0 spiro atoms. The standard InChI is InChI=1S/C70H52N6S/c1-38-13-21-56-46(29-38)47-30-39(2)14-22-57(47)73(56)66-54(37-71)65(70-72-55-11-9-10-12-64(55)77-70)67(74-58-23-15-40(3)31-48(58)49-32-41(4)16-24-59(49)74)69(76-62-27-19-44(7)35-52(62)53-36-45(8)20-28-63(53)76)68(66)75-60-25-17-42(5)33-50(60)51-34-43(6)18-26-61(51)75/h9-36H,1-8H3. The number of aryl methyl sites for hydroxylation is 8. The highest BCUT2D eigenvalue weighted by atomic mass is 32.1. The quantitative estimate of drug-likeness (QED) is 0.172. The van der Waals surface area contributed by atoms with Gasteiger partial charge in [-0.15, -0.1) is 11.3 Å². The van der Waals surface area contributed by atoms with Gasteiger partial charge in [-0.1, -0.05) is 105 Å². The molecule has 368 valence electrons. The lowest BCUT2D eigenvalue weighted by Gasteiger charge is -2.29. The van der Waals surface area contributed by atoms with Crippen molar-refractivity contribution < 1.29 is 0 Å². The Morgan fingerprint density at radius 3 is 0.909 bits per heavy atom. The van der Waals surface area contributed by atoms with E-state index in [2.05, 4.69) is 250 Å². The van der Waals surface area contributed by atoms with Gasteiger partial charge in [-0.05, 0) is 165 Å². The van der Waals surface area contributed by atoms with Gasteiger partial charge >= 0.3 is 0 Å². The van der Waals surface area contributed by atoms with E-state index in [1.54, 1.807) is 11.3 Å². The van der Waals surface area contributed by atoms with Crippen LogP contribution >= 0.6 is 11.3 Å². The highest BCUT2D eigenvalue weighted by Crippen LogP contribution is 2.53. The molecule has 5 aromatic heterocycles. The number of thiazole rings is 1. The third kappa shape index (κ3) is 6.49. The van der Waals surface area contributed by atoms with Crippen molar-refractivity contribution in [2.24, 2.45) is 0 Å². The molecule has 0 amide bonds. The predicted molar refractivity (Wildman–Crippen MR) is 325 cm³/mol. The molecule has 0 saturated carbocycles. The molecule has 6 nitrogen and oxygen atoms in total. The Morgan fingerprint density at radius 1 is 0.338 bits per heavy atom. The van der Waals surface area contributed by atoms with Gasteiger partial charge in [0.05, 0.1) is 88.2 Å². The van der Waals surface area contributed by atoms with Crippen molar-refractivity contribution in [2.45, 2.75) is 55.4 Å². The first kappa shape index (κ1) is 45.2. The van der Waals surface area contributed by atoms with Gasteiger partial charge in [0.15, 0.2) is 0 Å². The zero-order valence-corrected chi connectivity index (χ0v) is 45.1. The van der Waals surface area contributed by atoms with Crippen LogP contribution < -0.4 is 0 Å². The Kier molecular flexibility index (Phi) is 9.62. The Bertz CT molecular complexity index is 4880. The minimum Gasteiger partial charge on any atom is -0.306 e. The number of benzene rings is 10. The molecule has 0 aliphatic heterocycles. The second kappa shape index (κ2) is 16.4. The van der Waals surface area contributed by atoms with Crippen LogP contribution in [0, 0.1) is 66.7 Å². The van der Waals surface area contributed by atoms with Crippen molar-refractivity contribution in [2.75, 3.05) is 0 Å². The Morgan fingerprint density at radius 2 is 0.610 bits per heavy atom. The van der Waals surface area contributed by atoms with Gasteiger partial charge in [-0.2, -0.15) is 5.26 Å². The van der Waals surface area contributed by atoms with Crippen LogP contribution in [0.2, 0.25) is 0 Å². The first-order valence-electron chi connectivity index (χ1n) is 26.5. The molecule has 0 N–H and O–H groups in total. The van der Waals surface area contributed by atoms with Crippen molar-refractivity contribution in [3.8, 4) is 39.4 Å². The number of aromatic nitrogens is 5. The summed E-state index contributed by atoms with van der Waals surface area (Å²) in [5.41, 5.74) is 23.5. The van der Waals surface area contributed by atoms with Crippen molar-refractivity contribution in [1.82, 2.24) is 23.3 Å². The van der Waals surface area contributed by atoms with Crippen LogP contribution in [0.25, 0.3) is 131 Å². The summed E-state index contributed by atoms with van der Waals surface area (Å²) >= 11 is 1.65. The van der Waals surface area contributed by atoms with E-state index in [-0.39, 0.29) is 0 Å². The van der Waals surface area contributed by atoms with Crippen LogP contribution in [-0.2, 0) is 0 Å². The molecule has 0 radical (unpaired) electrons. The topological polar surface area (TPSA) is 56.4 Å². The molecule has 0 aliphatic carbocycles. The monoisotopic (exact) mass is 1010 g/mol. The van der Waals surface area contributed by atoms with Gasteiger partial charge in [0.2, 0.25) is 0 Å². The van der Waals surface area contributed by atoms with Gasteiger partial charge in [-0.25, -0.2) is 4.98 Å². The molecule has 0 saturated heterocycles. The maximum atomic E-state index is 12.8. The zero-order valence-electron chi connectivity index (χ0n) is 44.3. The van der Waals surface area contributed by atoms with Crippen LogP contribution in [0.5, 0.6) is 0 Å². The number of hydrogen-bond donors (Lipinski definition) is 0. The molecule has 0 unspecified atom stereocenters. The number of para-hydroxylation sites is 1. The SMILES string of the molecule is Cc1ccc2c(c1)c1cc(C)ccc1n2-c1c(C#N)c(-c2nc3ccccc3s2)c(-n2c3ccc(C)cc3c3cc(C)ccc32)c(-n2c3ccc(C)cc3c3cc(C)ccc32)c1-n1c2ccc(C)cc2c2cc(C)ccc21. The lowest BCUT2D eigenvalue weighted by atomic mass is 9.97. The molecule has 0 bridgehead atoms. The van der Waals surface area contributed by atoms with Crippen LogP contribution in [-0.4, -0.2) is 23.3 Å². The molecule has 7 heteroatoms. The average Bonchev–Trinajstić information content (AvgIpc) is 4.43.